The summed E-state index contributed by atoms with van der Waals surface area (Å²) in [5.41, 5.74) is 1.29. The van der Waals surface area contributed by atoms with E-state index in [1.807, 2.05) is 0 Å². The van der Waals surface area contributed by atoms with Crippen molar-refractivity contribution in [2.75, 3.05) is 6.54 Å². The van der Waals surface area contributed by atoms with Crippen LogP contribution in [0.5, 0.6) is 0 Å². The van der Waals surface area contributed by atoms with Gasteiger partial charge in [-0.15, -0.1) is 12.4 Å². The van der Waals surface area contributed by atoms with Crippen LogP contribution in [0.3, 0.4) is 0 Å². The Labute approximate surface area is 173 Å². The standard InChI is InChI=1S/C19H18Cl2N2O3.ClH/c20-12-2-1-3-13(21)15(12)17-16(18(26-23-17)9-4-5-9)19(24)25-14-7-11-6-10(14)8-22-11;/h1-3,9-11,14,22H,4-8H2;1H/t10-,11-,14-;/m1./s1. The fraction of sp³-hybridized carbons (Fsp3) is 0.474. The number of carbonyl (C=O) groups is 1. The Morgan fingerprint density at radius 3 is 2.56 bits per heavy atom. The van der Waals surface area contributed by atoms with Crippen LogP contribution in [0, 0.1) is 5.92 Å². The van der Waals surface area contributed by atoms with Gasteiger partial charge in [0.1, 0.15) is 17.4 Å². The molecule has 2 saturated carbocycles. The molecule has 3 atom stereocenters. The SMILES string of the molecule is Cl.O=C(O[C@@H]1C[C@H]2C[C@@H]1CN2)c1c(-c2c(Cl)cccc2Cl)noc1C1CC1. The molecule has 5 nitrogen and oxygen atoms in total. The highest BCUT2D eigenvalue weighted by Crippen LogP contribution is 2.46. The number of fused-ring (bicyclic) bond motifs is 2. The third-order valence-corrected chi connectivity index (χ3v) is 6.26. The van der Waals surface area contributed by atoms with Crippen LogP contribution in [0.1, 0.15) is 47.7 Å². The quantitative estimate of drug-likeness (QED) is 0.704. The number of hydrogen-bond acceptors (Lipinski definition) is 5. The van der Waals surface area contributed by atoms with E-state index < -0.39 is 0 Å². The van der Waals surface area contributed by atoms with E-state index in [9.17, 15) is 4.79 Å². The topological polar surface area (TPSA) is 64.4 Å². The average Bonchev–Trinajstić information content (AvgIpc) is 3.03. The highest BCUT2D eigenvalue weighted by molar-refractivity contribution is 6.39. The minimum atomic E-state index is -0.378. The van der Waals surface area contributed by atoms with Crippen molar-refractivity contribution in [3.63, 3.8) is 0 Å². The van der Waals surface area contributed by atoms with E-state index in [1.165, 1.54) is 0 Å². The molecule has 2 aromatic rings. The zero-order chi connectivity index (χ0) is 17.8. The summed E-state index contributed by atoms with van der Waals surface area (Å²) in [6, 6.07) is 5.67. The maximum Gasteiger partial charge on any atom is 0.344 e. The van der Waals surface area contributed by atoms with E-state index in [1.54, 1.807) is 18.2 Å². The molecule has 8 heteroatoms. The molecule has 5 rings (SSSR count). The Hall–Kier alpha value is -1.27. The van der Waals surface area contributed by atoms with Gasteiger partial charge >= 0.3 is 5.97 Å². The van der Waals surface area contributed by atoms with Crippen LogP contribution in [-0.2, 0) is 4.74 Å². The fourth-order valence-electron chi connectivity index (χ4n) is 4.15. The van der Waals surface area contributed by atoms with Gasteiger partial charge in [-0.2, -0.15) is 0 Å². The van der Waals surface area contributed by atoms with Gasteiger partial charge in [-0.1, -0.05) is 34.4 Å². The largest absolute Gasteiger partial charge is 0.458 e. The molecule has 0 spiro atoms. The maximum absolute atomic E-state index is 13.1. The van der Waals surface area contributed by atoms with Gasteiger partial charge in [-0.25, -0.2) is 4.79 Å². The number of hydrogen-bond donors (Lipinski definition) is 1. The normalized spacial score (nSPS) is 26.1. The molecule has 2 aliphatic carbocycles. The van der Waals surface area contributed by atoms with Crippen molar-refractivity contribution in [3.8, 4) is 11.3 Å². The molecule has 3 aliphatic rings. The van der Waals surface area contributed by atoms with Gasteiger partial charge in [-0.05, 0) is 31.4 Å². The van der Waals surface area contributed by atoms with E-state index in [2.05, 4.69) is 10.5 Å². The zero-order valence-corrected chi connectivity index (χ0v) is 16.7. The number of ether oxygens (including phenoxy) is 1. The minimum absolute atomic E-state index is 0. The number of nitrogens with zero attached hydrogens (tertiary/aromatic N) is 1. The van der Waals surface area contributed by atoms with E-state index in [0.29, 0.717) is 44.6 Å². The number of esters is 1. The predicted octanol–water partition coefficient (Wildman–Crippen LogP) is 4.85. The van der Waals surface area contributed by atoms with E-state index in [0.717, 1.165) is 32.2 Å². The number of nitrogens with one attached hydrogen (secondary N) is 1. The number of carbonyl (C=O) groups excluding carboxylic acids is 1. The van der Waals surface area contributed by atoms with Crippen molar-refractivity contribution in [1.82, 2.24) is 10.5 Å². The molecule has 3 fully saturated rings. The molecule has 144 valence electrons. The Bertz CT molecular complexity index is 861. The summed E-state index contributed by atoms with van der Waals surface area (Å²) < 4.78 is 11.4. The van der Waals surface area contributed by atoms with Gasteiger partial charge in [0.25, 0.3) is 0 Å². The molecule has 27 heavy (non-hydrogen) atoms. The first-order valence-electron chi connectivity index (χ1n) is 9.00. The summed E-state index contributed by atoms with van der Waals surface area (Å²) in [6.45, 7) is 0.908. The van der Waals surface area contributed by atoms with Crippen LogP contribution >= 0.6 is 35.6 Å². The molecule has 1 aromatic carbocycles. The van der Waals surface area contributed by atoms with Crippen molar-refractivity contribution in [2.45, 2.75) is 43.7 Å². The van der Waals surface area contributed by atoms with Crippen LogP contribution in [-0.4, -0.2) is 29.8 Å². The molecule has 0 radical (unpaired) electrons. The van der Waals surface area contributed by atoms with Crippen LogP contribution in [0.15, 0.2) is 22.7 Å². The number of halogens is 3. The molecule has 1 N–H and O–H groups in total. The van der Waals surface area contributed by atoms with Crippen molar-refractivity contribution < 1.29 is 14.1 Å². The number of aromatic nitrogens is 1. The first-order valence-corrected chi connectivity index (χ1v) is 9.75. The van der Waals surface area contributed by atoms with Crippen LogP contribution in [0.4, 0.5) is 0 Å². The number of piperidine rings is 1. The fourth-order valence-corrected chi connectivity index (χ4v) is 4.72. The van der Waals surface area contributed by atoms with Crippen LogP contribution < -0.4 is 5.32 Å². The summed E-state index contributed by atoms with van der Waals surface area (Å²) in [6.07, 6.45) is 3.86. The summed E-state index contributed by atoms with van der Waals surface area (Å²) in [4.78, 5) is 13.1. The van der Waals surface area contributed by atoms with Gasteiger partial charge in [0.2, 0.25) is 0 Å². The molecule has 0 unspecified atom stereocenters. The molecule has 2 bridgehead atoms. The summed E-state index contributed by atoms with van der Waals surface area (Å²) >= 11 is 12.7. The lowest BCUT2D eigenvalue weighted by Crippen LogP contribution is -2.35. The second-order valence-corrected chi connectivity index (χ2v) is 8.24. The molecule has 1 aromatic heterocycles. The summed E-state index contributed by atoms with van der Waals surface area (Å²) in [5, 5.41) is 8.46. The van der Waals surface area contributed by atoms with E-state index in [-0.39, 0.29) is 30.4 Å². The maximum atomic E-state index is 13.1. The smallest absolute Gasteiger partial charge is 0.344 e. The first kappa shape index (κ1) is 19.1. The Kier molecular flexibility index (Phi) is 5.14. The van der Waals surface area contributed by atoms with Gasteiger partial charge in [0.15, 0.2) is 5.76 Å². The number of benzene rings is 1. The Morgan fingerprint density at radius 2 is 1.96 bits per heavy atom. The molecule has 1 saturated heterocycles. The molecular formula is C19H19Cl3N2O3. The zero-order valence-electron chi connectivity index (χ0n) is 14.4. The first-order chi connectivity index (χ1) is 12.6. The Balaban J connectivity index is 0.00000180. The Morgan fingerprint density at radius 1 is 1.22 bits per heavy atom. The van der Waals surface area contributed by atoms with Crippen molar-refractivity contribution in [3.05, 3.63) is 39.6 Å². The van der Waals surface area contributed by atoms with Crippen molar-refractivity contribution in [2.24, 2.45) is 5.92 Å². The lowest BCUT2D eigenvalue weighted by molar-refractivity contribution is 0.0177. The lowest BCUT2D eigenvalue weighted by Gasteiger charge is -2.22. The van der Waals surface area contributed by atoms with E-state index >= 15 is 0 Å². The summed E-state index contributed by atoms with van der Waals surface area (Å²) in [5.74, 6) is 0.834. The number of rotatable bonds is 4. The van der Waals surface area contributed by atoms with Crippen LogP contribution in [0.25, 0.3) is 11.3 Å². The molecular weight excluding hydrogens is 411 g/mol. The van der Waals surface area contributed by atoms with Gasteiger partial charge in [0, 0.05) is 36.4 Å². The summed E-state index contributed by atoms with van der Waals surface area (Å²) in [7, 11) is 0. The van der Waals surface area contributed by atoms with Crippen molar-refractivity contribution >= 4 is 41.6 Å². The average molecular weight is 430 g/mol. The molecule has 0 amide bonds. The predicted molar refractivity (Wildman–Crippen MR) is 105 cm³/mol. The minimum Gasteiger partial charge on any atom is -0.458 e. The lowest BCUT2D eigenvalue weighted by atomic mass is 10.0. The highest BCUT2D eigenvalue weighted by Gasteiger charge is 2.43. The van der Waals surface area contributed by atoms with Crippen molar-refractivity contribution in [1.29, 1.82) is 0 Å². The van der Waals surface area contributed by atoms with Gasteiger partial charge < -0.3 is 14.6 Å². The van der Waals surface area contributed by atoms with Crippen LogP contribution in [0.2, 0.25) is 10.0 Å². The van der Waals surface area contributed by atoms with Gasteiger partial charge in [0.05, 0.1) is 10.0 Å². The third-order valence-electron chi connectivity index (χ3n) is 5.63. The third kappa shape index (κ3) is 3.35. The highest BCUT2D eigenvalue weighted by atomic mass is 35.5. The second kappa shape index (κ2) is 7.28. The molecule has 1 aliphatic heterocycles. The monoisotopic (exact) mass is 428 g/mol. The molecule has 2 heterocycles. The second-order valence-electron chi connectivity index (χ2n) is 7.42. The van der Waals surface area contributed by atoms with E-state index in [4.69, 9.17) is 32.5 Å². The van der Waals surface area contributed by atoms with Gasteiger partial charge in [-0.3, -0.25) is 0 Å².